The monoisotopic (exact) mass is 172 g/mol. The minimum absolute atomic E-state index is 0.723. The van der Waals surface area contributed by atoms with Gasteiger partial charge in [-0.3, -0.25) is 4.98 Å². The van der Waals surface area contributed by atoms with Crippen LogP contribution >= 0.6 is 0 Å². The Bertz CT molecular complexity index is 449. The summed E-state index contributed by atoms with van der Waals surface area (Å²) in [6.45, 7) is 0. The van der Waals surface area contributed by atoms with E-state index in [2.05, 4.69) is 4.98 Å². The summed E-state index contributed by atoms with van der Waals surface area (Å²) >= 11 is 0. The molecule has 0 N–H and O–H groups in total. The molecule has 0 bridgehead atoms. The summed E-state index contributed by atoms with van der Waals surface area (Å²) in [5, 5.41) is 1.01. The Labute approximate surface area is 75.5 Å². The number of hydrogen-bond acceptors (Lipinski definition) is 1. The lowest BCUT2D eigenvalue weighted by molar-refractivity contribution is 0.691. The molecular weight excluding hydrogens is 165 g/mol. The van der Waals surface area contributed by atoms with Crippen molar-refractivity contribution in [1.82, 2.24) is 4.98 Å². The molecule has 0 unspecified atom stereocenters. The molecule has 0 amide bonds. The molecule has 63 valence electrons. The summed E-state index contributed by atoms with van der Waals surface area (Å²) in [5.74, 6) is 0. The van der Waals surface area contributed by atoms with Crippen molar-refractivity contribution in [2.75, 3.05) is 0 Å². The molecule has 13 heavy (non-hydrogen) atoms. The molecule has 1 nitrogen and oxygen atoms in total. The van der Waals surface area contributed by atoms with Crippen molar-refractivity contribution in [2.24, 2.45) is 0 Å². The molecule has 0 aliphatic carbocycles. The summed E-state index contributed by atoms with van der Waals surface area (Å²) < 4.78 is 11.7. The zero-order valence-corrected chi connectivity index (χ0v) is 6.87. The van der Waals surface area contributed by atoms with Crippen LogP contribution in [0.3, 0.4) is 0 Å². The van der Waals surface area contributed by atoms with Gasteiger partial charge in [0.25, 0.3) is 0 Å². The van der Waals surface area contributed by atoms with E-state index in [1.807, 2.05) is 30.3 Å². The van der Waals surface area contributed by atoms with E-state index in [1.54, 1.807) is 6.20 Å². The second kappa shape index (κ2) is 3.35. The van der Waals surface area contributed by atoms with E-state index in [0.717, 1.165) is 16.5 Å². The molecular formula is C11H7FN. The lowest BCUT2D eigenvalue weighted by atomic mass is 10.1. The van der Waals surface area contributed by atoms with Crippen LogP contribution < -0.4 is 0 Å². The van der Waals surface area contributed by atoms with Gasteiger partial charge in [-0.15, -0.1) is 0 Å². The predicted octanol–water partition coefficient (Wildman–Crippen LogP) is 2.98. The fourth-order valence-electron chi connectivity index (χ4n) is 1.23. The summed E-state index contributed by atoms with van der Waals surface area (Å²) in [6, 6.07) is 9.58. The minimum Gasteiger partial charge on any atom is -0.256 e. The van der Waals surface area contributed by atoms with E-state index in [-0.39, 0.29) is 0 Å². The van der Waals surface area contributed by atoms with Gasteiger partial charge in [-0.1, -0.05) is 18.2 Å². The molecule has 1 radical (unpaired) electrons. The predicted molar refractivity (Wildman–Crippen MR) is 50.6 cm³/mol. The van der Waals surface area contributed by atoms with Crippen LogP contribution in [0.15, 0.2) is 36.5 Å². The van der Waals surface area contributed by atoms with Gasteiger partial charge in [0.1, 0.15) is 0 Å². The van der Waals surface area contributed by atoms with Crippen LogP contribution in [0.5, 0.6) is 0 Å². The van der Waals surface area contributed by atoms with E-state index in [9.17, 15) is 4.39 Å². The Morgan fingerprint density at radius 1 is 1.31 bits per heavy atom. The molecule has 0 aliphatic heterocycles. The molecule has 0 saturated carbocycles. The first-order valence-corrected chi connectivity index (χ1v) is 3.94. The Hall–Kier alpha value is -1.70. The number of nitrogens with zero attached hydrogens (tertiary/aromatic N) is 1. The third-order valence-corrected chi connectivity index (χ3v) is 1.83. The van der Waals surface area contributed by atoms with E-state index < -0.39 is 0 Å². The lowest BCUT2D eigenvalue weighted by Gasteiger charge is -1.96. The zero-order valence-electron chi connectivity index (χ0n) is 6.87. The van der Waals surface area contributed by atoms with Crippen LogP contribution in [0.25, 0.3) is 17.0 Å². The van der Waals surface area contributed by atoms with Crippen LogP contribution in [0.4, 0.5) is 4.39 Å². The number of pyridine rings is 1. The van der Waals surface area contributed by atoms with Gasteiger partial charge in [0.05, 0.1) is 5.52 Å². The smallest absolute Gasteiger partial charge is 0.159 e. The molecule has 1 heterocycles. The van der Waals surface area contributed by atoms with Gasteiger partial charge in [0, 0.05) is 11.6 Å². The van der Waals surface area contributed by atoms with Crippen LogP contribution in [0, 0.1) is 6.33 Å². The first-order chi connectivity index (χ1) is 6.40. The van der Waals surface area contributed by atoms with Crippen molar-refractivity contribution in [1.29, 1.82) is 0 Å². The number of benzene rings is 1. The Morgan fingerprint density at radius 3 is 3.00 bits per heavy atom. The van der Waals surface area contributed by atoms with Crippen LogP contribution in [-0.4, -0.2) is 4.98 Å². The minimum atomic E-state index is 0.723. The fraction of sp³-hybridized carbons (Fsp3) is 0. The van der Waals surface area contributed by atoms with Crippen LogP contribution in [0.1, 0.15) is 5.56 Å². The molecule has 1 aromatic heterocycles. The van der Waals surface area contributed by atoms with Gasteiger partial charge in [-0.05, 0) is 23.8 Å². The maximum Gasteiger partial charge on any atom is 0.159 e. The van der Waals surface area contributed by atoms with Crippen molar-refractivity contribution in [3.8, 4) is 0 Å². The Kier molecular flexibility index (Phi) is 2.04. The second-order valence-corrected chi connectivity index (χ2v) is 2.71. The number of fused-ring (bicyclic) bond motifs is 1. The first kappa shape index (κ1) is 7.92. The van der Waals surface area contributed by atoms with Crippen molar-refractivity contribution in [3.05, 3.63) is 48.4 Å². The molecule has 1 aromatic carbocycles. The van der Waals surface area contributed by atoms with Gasteiger partial charge in [0.2, 0.25) is 0 Å². The maximum absolute atomic E-state index is 11.7. The average Bonchev–Trinajstić information content (AvgIpc) is 2.18. The summed E-state index contributed by atoms with van der Waals surface area (Å²) in [7, 11) is 0. The van der Waals surface area contributed by atoms with Crippen LogP contribution in [0.2, 0.25) is 0 Å². The SMILES string of the molecule is F/[C]=C/c1cnc2ccccc2c1. The quantitative estimate of drug-likeness (QED) is 0.644. The van der Waals surface area contributed by atoms with E-state index in [0.29, 0.717) is 0 Å². The van der Waals surface area contributed by atoms with Gasteiger partial charge >= 0.3 is 0 Å². The highest BCUT2D eigenvalue weighted by Gasteiger charge is 1.93. The maximum atomic E-state index is 11.7. The zero-order chi connectivity index (χ0) is 9.10. The van der Waals surface area contributed by atoms with Gasteiger partial charge in [-0.2, -0.15) is 0 Å². The van der Waals surface area contributed by atoms with Gasteiger partial charge < -0.3 is 0 Å². The number of halogens is 1. The normalized spacial score (nSPS) is 11.2. The third-order valence-electron chi connectivity index (χ3n) is 1.83. The number of rotatable bonds is 1. The number of para-hydroxylation sites is 1. The molecule has 2 rings (SSSR count). The molecule has 2 heteroatoms. The third kappa shape index (κ3) is 1.56. The standard InChI is InChI=1S/C11H7FN/c12-6-5-9-7-10-3-1-2-4-11(10)13-8-9/h1-5,7-8H. The van der Waals surface area contributed by atoms with Crippen molar-refractivity contribution >= 4 is 17.0 Å². The summed E-state index contributed by atoms with van der Waals surface area (Å²) in [6.07, 6.45) is 4.37. The summed E-state index contributed by atoms with van der Waals surface area (Å²) in [5.41, 5.74) is 1.64. The molecule has 0 spiro atoms. The lowest BCUT2D eigenvalue weighted by Crippen LogP contribution is -1.79. The largest absolute Gasteiger partial charge is 0.256 e. The van der Waals surface area contributed by atoms with E-state index in [1.165, 1.54) is 12.4 Å². The molecule has 0 atom stereocenters. The fourth-order valence-corrected chi connectivity index (χ4v) is 1.23. The molecule has 0 aliphatic rings. The van der Waals surface area contributed by atoms with E-state index >= 15 is 0 Å². The van der Waals surface area contributed by atoms with Gasteiger partial charge in [-0.25, -0.2) is 4.39 Å². The van der Waals surface area contributed by atoms with Crippen molar-refractivity contribution < 1.29 is 4.39 Å². The Morgan fingerprint density at radius 2 is 2.15 bits per heavy atom. The molecule has 0 saturated heterocycles. The van der Waals surface area contributed by atoms with Crippen molar-refractivity contribution in [2.45, 2.75) is 0 Å². The second-order valence-electron chi connectivity index (χ2n) is 2.71. The highest BCUT2D eigenvalue weighted by Crippen LogP contribution is 2.13. The topological polar surface area (TPSA) is 12.9 Å². The highest BCUT2D eigenvalue weighted by molar-refractivity contribution is 5.80. The molecule has 2 aromatic rings. The van der Waals surface area contributed by atoms with E-state index in [4.69, 9.17) is 0 Å². The molecule has 0 fully saturated rings. The van der Waals surface area contributed by atoms with Crippen LogP contribution in [-0.2, 0) is 0 Å². The van der Waals surface area contributed by atoms with Crippen molar-refractivity contribution in [3.63, 3.8) is 0 Å². The average molecular weight is 172 g/mol. The number of hydrogen-bond donors (Lipinski definition) is 0. The summed E-state index contributed by atoms with van der Waals surface area (Å²) in [4.78, 5) is 4.16. The highest BCUT2D eigenvalue weighted by atomic mass is 19.1. The first-order valence-electron chi connectivity index (χ1n) is 3.94. The van der Waals surface area contributed by atoms with Gasteiger partial charge in [0.15, 0.2) is 6.33 Å². The number of aromatic nitrogens is 1. The Balaban J connectivity index is 2.62.